The number of hydrogen-bond acceptors (Lipinski definition) is 10. The molecule has 1 spiro atoms. The largest absolute Gasteiger partial charge is 0.490 e. The molecule has 43 heavy (non-hydrogen) atoms. The minimum absolute atomic E-state index is 0.133. The molecule has 2 saturated heterocycles. The summed E-state index contributed by atoms with van der Waals surface area (Å²) in [5.41, 5.74) is 2.54. The van der Waals surface area contributed by atoms with Gasteiger partial charge in [0.1, 0.15) is 29.7 Å². The van der Waals surface area contributed by atoms with Crippen LogP contribution in [0.4, 0.5) is 10.2 Å². The van der Waals surface area contributed by atoms with E-state index >= 15 is 0 Å². The molecule has 11 heteroatoms. The Balaban J connectivity index is 0.943. The third-order valence-corrected chi connectivity index (χ3v) is 9.23. The van der Waals surface area contributed by atoms with Crippen molar-refractivity contribution in [2.45, 2.75) is 50.9 Å². The monoisotopic (exact) mass is 588 g/mol. The summed E-state index contributed by atoms with van der Waals surface area (Å²) in [6.45, 7) is 6.88. The minimum atomic E-state index is -0.498. The first kappa shape index (κ1) is 28.1. The van der Waals surface area contributed by atoms with E-state index in [0.29, 0.717) is 24.4 Å². The SMILES string of the molecule is O=Cc1cc(F)ccc1Oc1cncnc1N1CC2(CC(Oc3ccnc4c3CN(CC(O)CN3CCCC3)CC4)C2)C1. The van der Waals surface area contributed by atoms with Crippen molar-refractivity contribution in [3.8, 4) is 17.2 Å². The fourth-order valence-corrected chi connectivity index (χ4v) is 7.14. The molecule has 226 valence electrons. The van der Waals surface area contributed by atoms with Gasteiger partial charge in [-0.3, -0.25) is 14.7 Å². The zero-order valence-electron chi connectivity index (χ0n) is 24.2. The maximum absolute atomic E-state index is 13.6. The zero-order valence-corrected chi connectivity index (χ0v) is 24.2. The van der Waals surface area contributed by atoms with Gasteiger partial charge in [-0.25, -0.2) is 14.4 Å². The van der Waals surface area contributed by atoms with Crippen molar-refractivity contribution in [2.24, 2.45) is 5.41 Å². The van der Waals surface area contributed by atoms with E-state index in [0.717, 1.165) is 88.1 Å². The number of aliphatic hydroxyl groups is 1. The van der Waals surface area contributed by atoms with Gasteiger partial charge in [0, 0.05) is 68.6 Å². The van der Waals surface area contributed by atoms with Gasteiger partial charge in [0.05, 0.1) is 17.9 Å². The van der Waals surface area contributed by atoms with Crippen LogP contribution in [0.5, 0.6) is 17.2 Å². The summed E-state index contributed by atoms with van der Waals surface area (Å²) in [5, 5.41) is 10.7. The number of aldehydes is 1. The second-order valence-electron chi connectivity index (χ2n) is 12.5. The van der Waals surface area contributed by atoms with Gasteiger partial charge in [0.25, 0.3) is 0 Å². The molecule has 4 aliphatic rings. The average molecular weight is 589 g/mol. The number of hydrogen-bond donors (Lipinski definition) is 1. The Hall–Kier alpha value is -3.67. The van der Waals surface area contributed by atoms with Crippen LogP contribution in [0, 0.1) is 11.2 Å². The van der Waals surface area contributed by atoms with Gasteiger partial charge in [-0.1, -0.05) is 0 Å². The highest BCUT2D eigenvalue weighted by Crippen LogP contribution is 2.52. The first-order valence-corrected chi connectivity index (χ1v) is 15.2. The van der Waals surface area contributed by atoms with Crippen molar-refractivity contribution in [1.82, 2.24) is 24.8 Å². The Morgan fingerprint density at radius 3 is 2.67 bits per heavy atom. The number of carbonyl (C=O) groups is 1. The van der Waals surface area contributed by atoms with Gasteiger partial charge in [-0.15, -0.1) is 0 Å². The van der Waals surface area contributed by atoms with Crippen molar-refractivity contribution < 1.29 is 23.8 Å². The first-order chi connectivity index (χ1) is 21.0. The number of anilines is 1. The summed E-state index contributed by atoms with van der Waals surface area (Å²) in [6, 6.07) is 5.83. The van der Waals surface area contributed by atoms with E-state index in [2.05, 4.69) is 29.7 Å². The van der Waals surface area contributed by atoms with Crippen LogP contribution in [-0.2, 0) is 13.0 Å². The maximum Gasteiger partial charge on any atom is 0.188 e. The summed E-state index contributed by atoms with van der Waals surface area (Å²) in [5.74, 6) is 1.76. The molecular weight excluding hydrogens is 551 g/mol. The quantitative estimate of drug-likeness (QED) is 0.354. The van der Waals surface area contributed by atoms with E-state index in [9.17, 15) is 14.3 Å². The molecule has 1 saturated carbocycles. The molecule has 1 aromatic carbocycles. The predicted octanol–water partition coefficient (Wildman–Crippen LogP) is 3.48. The van der Waals surface area contributed by atoms with Gasteiger partial charge in [-0.2, -0.15) is 0 Å². The van der Waals surface area contributed by atoms with Crippen LogP contribution >= 0.6 is 0 Å². The van der Waals surface area contributed by atoms with Crippen LogP contribution in [0.2, 0.25) is 0 Å². The third-order valence-electron chi connectivity index (χ3n) is 9.23. The molecule has 3 aromatic rings. The molecule has 7 rings (SSSR count). The Bertz CT molecular complexity index is 1470. The van der Waals surface area contributed by atoms with E-state index in [1.54, 1.807) is 6.20 Å². The van der Waals surface area contributed by atoms with Crippen LogP contribution in [0.1, 0.15) is 47.3 Å². The molecular formula is C32H37FN6O4. The number of fused-ring (bicyclic) bond motifs is 1. The minimum Gasteiger partial charge on any atom is -0.490 e. The van der Waals surface area contributed by atoms with Gasteiger partial charge in [0.15, 0.2) is 17.9 Å². The summed E-state index contributed by atoms with van der Waals surface area (Å²) in [4.78, 5) is 31.4. The Kier molecular flexibility index (Phi) is 7.71. The second-order valence-corrected chi connectivity index (χ2v) is 12.5. The maximum atomic E-state index is 13.6. The smallest absolute Gasteiger partial charge is 0.188 e. The van der Waals surface area contributed by atoms with Crippen LogP contribution in [-0.4, -0.2) is 94.2 Å². The second kappa shape index (κ2) is 11.8. The number of rotatable bonds is 10. The first-order valence-electron chi connectivity index (χ1n) is 15.2. The Labute approximate surface area is 250 Å². The van der Waals surface area contributed by atoms with Crippen molar-refractivity contribution in [1.29, 1.82) is 0 Å². The van der Waals surface area contributed by atoms with E-state index in [4.69, 9.17) is 9.47 Å². The molecule has 0 bridgehead atoms. The average Bonchev–Trinajstić information content (AvgIpc) is 3.48. The molecule has 1 unspecified atom stereocenters. The van der Waals surface area contributed by atoms with Crippen LogP contribution in [0.3, 0.4) is 0 Å². The van der Waals surface area contributed by atoms with Gasteiger partial charge >= 0.3 is 0 Å². The van der Waals surface area contributed by atoms with Crippen LogP contribution in [0.25, 0.3) is 0 Å². The van der Waals surface area contributed by atoms with Crippen LogP contribution in [0.15, 0.2) is 43.0 Å². The number of nitrogens with zero attached hydrogens (tertiary/aromatic N) is 6. The molecule has 1 atom stereocenters. The topological polar surface area (TPSA) is 104 Å². The highest BCUT2D eigenvalue weighted by atomic mass is 19.1. The van der Waals surface area contributed by atoms with E-state index < -0.39 is 5.82 Å². The number of carbonyl (C=O) groups excluding carboxylic acids is 1. The lowest BCUT2D eigenvalue weighted by molar-refractivity contribution is -0.0354. The Morgan fingerprint density at radius 2 is 1.86 bits per heavy atom. The van der Waals surface area contributed by atoms with Crippen molar-refractivity contribution in [2.75, 3.05) is 50.7 Å². The number of halogens is 1. The fraction of sp³-hybridized carbons (Fsp3) is 0.500. The molecule has 0 amide bonds. The Morgan fingerprint density at radius 1 is 1.05 bits per heavy atom. The highest BCUT2D eigenvalue weighted by Gasteiger charge is 2.54. The zero-order chi connectivity index (χ0) is 29.4. The van der Waals surface area contributed by atoms with Gasteiger partial charge in [0.2, 0.25) is 0 Å². The number of β-amino-alcohol motifs (C(OH)–C–C–N with tert-alkyl or cyclic N) is 1. The molecule has 5 heterocycles. The van der Waals surface area contributed by atoms with Crippen molar-refractivity contribution in [3.63, 3.8) is 0 Å². The van der Waals surface area contributed by atoms with E-state index in [1.165, 1.54) is 31.3 Å². The molecule has 3 fully saturated rings. The van der Waals surface area contributed by atoms with E-state index in [1.807, 2.05) is 12.3 Å². The molecule has 1 aliphatic carbocycles. The summed E-state index contributed by atoms with van der Waals surface area (Å²) >= 11 is 0. The number of likely N-dealkylation sites (tertiary alicyclic amines) is 1. The lowest BCUT2D eigenvalue weighted by Crippen LogP contribution is -2.65. The predicted molar refractivity (Wildman–Crippen MR) is 157 cm³/mol. The lowest BCUT2D eigenvalue weighted by atomic mass is 9.61. The highest BCUT2D eigenvalue weighted by molar-refractivity contribution is 5.79. The number of aromatic nitrogens is 3. The fourth-order valence-electron chi connectivity index (χ4n) is 7.14. The summed E-state index contributed by atoms with van der Waals surface area (Å²) in [7, 11) is 0. The number of aliphatic hydroxyl groups excluding tert-OH is 1. The third kappa shape index (κ3) is 5.93. The summed E-state index contributed by atoms with van der Waals surface area (Å²) < 4.78 is 26.1. The molecule has 0 radical (unpaired) electrons. The lowest BCUT2D eigenvalue weighted by Gasteiger charge is -2.59. The van der Waals surface area contributed by atoms with Crippen molar-refractivity contribution >= 4 is 12.1 Å². The molecule has 1 N–H and O–H groups in total. The summed E-state index contributed by atoms with van der Waals surface area (Å²) in [6.07, 6.45) is 10.5. The normalized spacial score (nSPS) is 20.7. The number of benzene rings is 1. The van der Waals surface area contributed by atoms with Crippen LogP contribution < -0.4 is 14.4 Å². The molecule has 10 nitrogen and oxygen atoms in total. The number of pyridine rings is 1. The molecule has 2 aromatic heterocycles. The van der Waals surface area contributed by atoms with E-state index in [-0.39, 0.29) is 28.9 Å². The van der Waals surface area contributed by atoms with Gasteiger partial charge < -0.3 is 24.4 Å². The number of ether oxygens (including phenoxy) is 2. The molecule has 3 aliphatic heterocycles. The van der Waals surface area contributed by atoms with Gasteiger partial charge in [-0.05, 0) is 63.0 Å². The van der Waals surface area contributed by atoms with Crippen molar-refractivity contribution in [3.05, 3.63) is 65.6 Å². The standard InChI is InChI=1S/C32H37FN6O4/c33-23-3-4-28(22(11-23)18-40)43-30-14-34-21-36-31(30)39-19-32(20-39)12-25(13-32)42-29-5-7-35-27-6-10-38(17-26(27)29)16-24(41)15-37-8-1-2-9-37/h3-5,7,11,14,18,21,24-25,41H,1-2,6,8-10,12-13,15-17,19-20H2.